The van der Waals surface area contributed by atoms with Gasteiger partial charge in [0.25, 0.3) is 0 Å². The van der Waals surface area contributed by atoms with Gasteiger partial charge < -0.3 is 18.9 Å². The first-order valence-corrected chi connectivity index (χ1v) is 6.14. The van der Waals surface area contributed by atoms with Gasteiger partial charge in [-0.15, -0.1) is 0 Å². The van der Waals surface area contributed by atoms with Crippen LogP contribution in [0.3, 0.4) is 0 Å². The summed E-state index contributed by atoms with van der Waals surface area (Å²) < 4.78 is 16.1. The van der Waals surface area contributed by atoms with Crippen LogP contribution in [0.25, 0.3) is 0 Å². The standard InChI is InChI=1S/C14H19NO3/c1-11(2)15-7-12-6-14(18-8-12)10-16-9-13-4-3-5-17-13/h3-6,8,11,15H,7,9-10H2,1-2H3. The second-order valence-electron chi connectivity index (χ2n) is 4.53. The SMILES string of the molecule is CC(C)NCc1coc(COCc2ccco2)c1. The quantitative estimate of drug-likeness (QED) is 0.819. The molecule has 0 spiro atoms. The summed E-state index contributed by atoms with van der Waals surface area (Å²) in [4.78, 5) is 0. The molecule has 0 fully saturated rings. The van der Waals surface area contributed by atoms with E-state index in [1.54, 1.807) is 12.5 Å². The summed E-state index contributed by atoms with van der Waals surface area (Å²) in [6, 6.07) is 6.22. The molecule has 0 unspecified atom stereocenters. The number of nitrogens with one attached hydrogen (secondary N) is 1. The zero-order chi connectivity index (χ0) is 12.8. The fraction of sp³-hybridized carbons (Fsp3) is 0.429. The maximum Gasteiger partial charge on any atom is 0.129 e. The van der Waals surface area contributed by atoms with Crippen molar-refractivity contribution < 1.29 is 13.6 Å². The Balaban J connectivity index is 1.73. The topological polar surface area (TPSA) is 47.5 Å². The maximum absolute atomic E-state index is 5.50. The van der Waals surface area contributed by atoms with Crippen molar-refractivity contribution in [2.24, 2.45) is 0 Å². The molecule has 0 radical (unpaired) electrons. The lowest BCUT2D eigenvalue weighted by atomic mass is 10.3. The molecule has 2 rings (SSSR count). The minimum Gasteiger partial charge on any atom is -0.467 e. The predicted molar refractivity (Wildman–Crippen MR) is 67.9 cm³/mol. The van der Waals surface area contributed by atoms with E-state index in [0.717, 1.165) is 23.6 Å². The van der Waals surface area contributed by atoms with Crippen LogP contribution in [0.15, 0.2) is 39.6 Å². The summed E-state index contributed by atoms with van der Waals surface area (Å²) in [6.07, 6.45) is 3.41. The van der Waals surface area contributed by atoms with Gasteiger partial charge in [-0.25, -0.2) is 0 Å². The second kappa shape index (κ2) is 6.42. The monoisotopic (exact) mass is 249 g/mol. The third-order valence-corrected chi connectivity index (χ3v) is 2.49. The Bertz CT molecular complexity index is 445. The van der Waals surface area contributed by atoms with Gasteiger partial charge in [0, 0.05) is 18.2 Å². The van der Waals surface area contributed by atoms with Crippen LogP contribution in [0.5, 0.6) is 0 Å². The fourth-order valence-corrected chi connectivity index (χ4v) is 1.56. The molecular formula is C14H19NO3. The average molecular weight is 249 g/mol. The highest BCUT2D eigenvalue weighted by Gasteiger charge is 2.03. The fourth-order valence-electron chi connectivity index (χ4n) is 1.56. The normalized spacial score (nSPS) is 11.3. The highest BCUT2D eigenvalue weighted by molar-refractivity contribution is 5.12. The molecule has 2 aromatic rings. The number of furan rings is 2. The molecule has 0 aliphatic carbocycles. The van der Waals surface area contributed by atoms with Crippen molar-refractivity contribution in [1.82, 2.24) is 5.32 Å². The lowest BCUT2D eigenvalue weighted by Crippen LogP contribution is -2.21. The molecule has 0 amide bonds. The average Bonchev–Trinajstić information content (AvgIpc) is 2.97. The highest BCUT2D eigenvalue weighted by atomic mass is 16.5. The van der Waals surface area contributed by atoms with Gasteiger partial charge in [-0.3, -0.25) is 0 Å². The summed E-state index contributed by atoms with van der Waals surface area (Å²) in [6.45, 7) is 5.98. The van der Waals surface area contributed by atoms with Gasteiger partial charge in [-0.05, 0) is 18.2 Å². The van der Waals surface area contributed by atoms with E-state index in [0.29, 0.717) is 19.3 Å². The van der Waals surface area contributed by atoms with Crippen LogP contribution in [0.2, 0.25) is 0 Å². The lowest BCUT2D eigenvalue weighted by Gasteiger charge is -2.04. The molecule has 0 saturated heterocycles. The Morgan fingerprint density at radius 3 is 2.78 bits per heavy atom. The first-order valence-electron chi connectivity index (χ1n) is 6.14. The number of ether oxygens (including phenoxy) is 1. The van der Waals surface area contributed by atoms with Crippen molar-refractivity contribution in [2.75, 3.05) is 0 Å². The van der Waals surface area contributed by atoms with E-state index in [9.17, 15) is 0 Å². The van der Waals surface area contributed by atoms with E-state index in [-0.39, 0.29) is 0 Å². The van der Waals surface area contributed by atoms with E-state index >= 15 is 0 Å². The molecule has 4 heteroatoms. The molecule has 98 valence electrons. The van der Waals surface area contributed by atoms with E-state index in [4.69, 9.17) is 13.6 Å². The molecule has 1 N–H and O–H groups in total. The largest absolute Gasteiger partial charge is 0.467 e. The number of rotatable bonds is 7. The van der Waals surface area contributed by atoms with Crippen LogP contribution in [0, 0.1) is 0 Å². The number of hydrogen-bond acceptors (Lipinski definition) is 4. The Labute approximate surface area is 107 Å². The molecule has 18 heavy (non-hydrogen) atoms. The zero-order valence-corrected chi connectivity index (χ0v) is 10.8. The van der Waals surface area contributed by atoms with Crippen molar-refractivity contribution in [1.29, 1.82) is 0 Å². The van der Waals surface area contributed by atoms with E-state index in [2.05, 4.69) is 19.2 Å². The summed E-state index contributed by atoms with van der Waals surface area (Å²) in [5.74, 6) is 1.66. The molecule has 0 aromatic carbocycles. The minimum atomic E-state index is 0.461. The Morgan fingerprint density at radius 2 is 2.06 bits per heavy atom. The van der Waals surface area contributed by atoms with Gasteiger partial charge in [-0.2, -0.15) is 0 Å². The van der Waals surface area contributed by atoms with E-state index in [1.807, 2.05) is 18.2 Å². The molecule has 2 heterocycles. The molecular weight excluding hydrogens is 230 g/mol. The Morgan fingerprint density at radius 1 is 1.22 bits per heavy atom. The van der Waals surface area contributed by atoms with Crippen LogP contribution in [0.4, 0.5) is 0 Å². The molecule has 4 nitrogen and oxygen atoms in total. The van der Waals surface area contributed by atoms with Crippen LogP contribution in [-0.2, 0) is 24.5 Å². The van der Waals surface area contributed by atoms with Crippen LogP contribution in [-0.4, -0.2) is 6.04 Å². The van der Waals surface area contributed by atoms with Crippen molar-refractivity contribution >= 4 is 0 Å². The summed E-state index contributed by atoms with van der Waals surface area (Å²) in [5.41, 5.74) is 1.14. The molecule has 0 bridgehead atoms. The smallest absolute Gasteiger partial charge is 0.129 e. The predicted octanol–water partition coefficient (Wildman–Crippen LogP) is 3.09. The first-order chi connectivity index (χ1) is 8.74. The van der Waals surface area contributed by atoms with Crippen molar-refractivity contribution in [3.63, 3.8) is 0 Å². The van der Waals surface area contributed by atoms with Gasteiger partial charge >= 0.3 is 0 Å². The second-order valence-corrected chi connectivity index (χ2v) is 4.53. The van der Waals surface area contributed by atoms with Gasteiger partial charge in [0.1, 0.15) is 24.7 Å². The third kappa shape index (κ3) is 4.05. The van der Waals surface area contributed by atoms with Crippen molar-refractivity contribution in [3.05, 3.63) is 47.8 Å². The van der Waals surface area contributed by atoms with E-state index in [1.165, 1.54) is 0 Å². The molecule has 2 aromatic heterocycles. The Hall–Kier alpha value is -1.52. The van der Waals surface area contributed by atoms with Gasteiger partial charge in [0.2, 0.25) is 0 Å². The van der Waals surface area contributed by atoms with Crippen molar-refractivity contribution in [3.8, 4) is 0 Å². The third-order valence-electron chi connectivity index (χ3n) is 2.49. The lowest BCUT2D eigenvalue weighted by molar-refractivity contribution is 0.0803. The molecule has 0 aliphatic rings. The molecule has 0 aliphatic heterocycles. The Kier molecular flexibility index (Phi) is 4.61. The zero-order valence-electron chi connectivity index (χ0n) is 10.8. The maximum atomic E-state index is 5.50. The van der Waals surface area contributed by atoms with Gasteiger partial charge in [-0.1, -0.05) is 13.8 Å². The highest BCUT2D eigenvalue weighted by Crippen LogP contribution is 2.11. The van der Waals surface area contributed by atoms with Crippen LogP contribution < -0.4 is 5.32 Å². The van der Waals surface area contributed by atoms with Crippen LogP contribution in [0.1, 0.15) is 30.9 Å². The summed E-state index contributed by atoms with van der Waals surface area (Å²) in [5, 5.41) is 3.34. The molecule has 0 atom stereocenters. The van der Waals surface area contributed by atoms with Gasteiger partial charge in [0.05, 0.1) is 12.5 Å². The summed E-state index contributed by atoms with van der Waals surface area (Å²) in [7, 11) is 0. The van der Waals surface area contributed by atoms with Gasteiger partial charge in [0.15, 0.2) is 0 Å². The first kappa shape index (κ1) is 12.9. The molecule has 0 saturated carbocycles. The number of hydrogen-bond donors (Lipinski definition) is 1. The van der Waals surface area contributed by atoms with Crippen LogP contribution >= 0.6 is 0 Å². The minimum absolute atomic E-state index is 0.461. The van der Waals surface area contributed by atoms with Crippen molar-refractivity contribution in [2.45, 2.75) is 39.6 Å². The van der Waals surface area contributed by atoms with E-state index < -0.39 is 0 Å². The summed E-state index contributed by atoms with van der Waals surface area (Å²) >= 11 is 0.